The van der Waals surface area contributed by atoms with Gasteiger partial charge in [0, 0.05) is 18.5 Å². The van der Waals surface area contributed by atoms with Gasteiger partial charge < -0.3 is 16.0 Å². The van der Waals surface area contributed by atoms with Crippen molar-refractivity contribution in [2.24, 2.45) is 0 Å². The predicted molar refractivity (Wildman–Crippen MR) is 111 cm³/mol. The van der Waals surface area contributed by atoms with E-state index in [9.17, 15) is 23.2 Å². The third-order valence-electron chi connectivity index (χ3n) is 5.29. The van der Waals surface area contributed by atoms with Gasteiger partial charge in [-0.05, 0) is 43.0 Å². The quantitative estimate of drug-likeness (QED) is 0.658. The summed E-state index contributed by atoms with van der Waals surface area (Å²) in [5, 5.41) is 8.04. The standard InChI is InChI=1S/C23H25F2N3O3/c1-14(27-21(29)11-15-9-18(24)12-19(25)10-15)22(30)28-20-8-7-17(13-26-23(20)31)16-5-3-2-4-6-16/h2-6,9-10,12,14,17,20H,7-8,11,13H2,1H3,(H,26,31)(H,27,29)(H,28,30)/t14-,17-,20-/m0/s1. The average molecular weight is 429 g/mol. The van der Waals surface area contributed by atoms with E-state index in [-0.39, 0.29) is 23.8 Å². The van der Waals surface area contributed by atoms with E-state index in [1.165, 1.54) is 6.92 Å². The first kappa shape index (κ1) is 22.4. The molecule has 0 aliphatic carbocycles. The summed E-state index contributed by atoms with van der Waals surface area (Å²) in [6, 6.07) is 11.1. The summed E-state index contributed by atoms with van der Waals surface area (Å²) in [5.41, 5.74) is 1.29. The maximum atomic E-state index is 13.3. The normalized spacial score (nSPS) is 19.6. The first-order valence-corrected chi connectivity index (χ1v) is 10.2. The van der Waals surface area contributed by atoms with Crippen LogP contribution in [0.5, 0.6) is 0 Å². The molecule has 0 bridgehead atoms. The Hall–Kier alpha value is -3.29. The molecule has 1 aliphatic heterocycles. The smallest absolute Gasteiger partial charge is 0.242 e. The first-order chi connectivity index (χ1) is 14.8. The van der Waals surface area contributed by atoms with Crippen LogP contribution in [-0.4, -0.2) is 36.3 Å². The molecule has 3 atom stereocenters. The molecular formula is C23H25F2N3O3. The van der Waals surface area contributed by atoms with E-state index < -0.39 is 35.5 Å². The van der Waals surface area contributed by atoms with Gasteiger partial charge in [-0.3, -0.25) is 14.4 Å². The largest absolute Gasteiger partial charge is 0.354 e. The highest BCUT2D eigenvalue weighted by atomic mass is 19.1. The van der Waals surface area contributed by atoms with Gasteiger partial charge in [0.2, 0.25) is 17.7 Å². The van der Waals surface area contributed by atoms with Crippen molar-refractivity contribution >= 4 is 17.7 Å². The van der Waals surface area contributed by atoms with Gasteiger partial charge in [0.15, 0.2) is 0 Å². The highest BCUT2D eigenvalue weighted by Crippen LogP contribution is 2.23. The third kappa shape index (κ3) is 6.34. The number of rotatable bonds is 6. The minimum Gasteiger partial charge on any atom is -0.354 e. The Morgan fingerprint density at radius 3 is 2.45 bits per heavy atom. The highest BCUT2D eigenvalue weighted by Gasteiger charge is 2.28. The lowest BCUT2D eigenvalue weighted by Crippen LogP contribution is -2.52. The van der Waals surface area contributed by atoms with E-state index in [1.807, 2.05) is 30.3 Å². The lowest BCUT2D eigenvalue weighted by atomic mass is 9.94. The van der Waals surface area contributed by atoms with E-state index in [4.69, 9.17) is 0 Å². The van der Waals surface area contributed by atoms with Crippen LogP contribution in [0.3, 0.4) is 0 Å². The maximum Gasteiger partial charge on any atom is 0.242 e. The van der Waals surface area contributed by atoms with Crippen LogP contribution in [0.15, 0.2) is 48.5 Å². The molecular weight excluding hydrogens is 404 g/mol. The van der Waals surface area contributed by atoms with Crippen LogP contribution in [0, 0.1) is 11.6 Å². The fourth-order valence-corrected chi connectivity index (χ4v) is 3.65. The molecule has 3 amide bonds. The monoisotopic (exact) mass is 429 g/mol. The molecule has 0 saturated carbocycles. The molecule has 0 spiro atoms. The van der Waals surface area contributed by atoms with Crippen molar-refractivity contribution in [3.63, 3.8) is 0 Å². The second-order valence-electron chi connectivity index (χ2n) is 7.73. The van der Waals surface area contributed by atoms with E-state index >= 15 is 0 Å². The molecule has 3 rings (SSSR count). The van der Waals surface area contributed by atoms with Gasteiger partial charge in [0.05, 0.1) is 6.42 Å². The Balaban J connectivity index is 1.52. The molecule has 8 heteroatoms. The molecule has 6 nitrogen and oxygen atoms in total. The molecule has 1 heterocycles. The Morgan fingerprint density at radius 2 is 1.77 bits per heavy atom. The van der Waals surface area contributed by atoms with Crippen molar-refractivity contribution in [3.8, 4) is 0 Å². The van der Waals surface area contributed by atoms with Gasteiger partial charge in [-0.1, -0.05) is 30.3 Å². The molecule has 31 heavy (non-hydrogen) atoms. The number of hydrogen-bond donors (Lipinski definition) is 3. The molecule has 0 aromatic heterocycles. The molecule has 2 aromatic carbocycles. The summed E-state index contributed by atoms with van der Waals surface area (Å²) in [6.07, 6.45) is 0.926. The minimum atomic E-state index is -0.910. The van der Waals surface area contributed by atoms with Crippen molar-refractivity contribution in [2.75, 3.05) is 6.54 Å². The fourth-order valence-electron chi connectivity index (χ4n) is 3.65. The minimum absolute atomic E-state index is 0.163. The van der Waals surface area contributed by atoms with Crippen molar-refractivity contribution < 1.29 is 23.2 Å². The molecule has 1 saturated heterocycles. The van der Waals surface area contributed by atoms with Crippen molar-refractivity contribution in [2.45, 2.75) is 44.2 Å². The molecule has 3 N–H and O–H groups in total. The summed E-state index contributed by atoms with van der Waals surface area (Å²) in [4.78, 5) is 37.0. The van der Waals surface area contributed by atoms with E-state index in [2.05, 4.69) is 16.0 Å². The molecule has 164 valence electrons. The topological polar surface area (TPSA) is 87.3 Å². The summed E-state index contributed by atoms with van der Waals surface area (Å²) in [7, 11) is 0. The Bertz CT molecular complexity index is 932. The SMILES string of the molecule is C[C@H](NC(=O)Cc1cc(F)cc(F)c1)C(=O)N[C@H]1CC[C@H](c2ccccc2)CNC1=O. The van der Waals surface area contributed by atoms with Gasteiger partial charge in [-0.15, -0.1) is 0 Å². The zero-order chi connectivity index (χ0) is 22.4. The third-order valence-corrected chi connectivity index (χ3v) is 5.29. The van der Waals surface area contributed by atoms with Crippen LogP contribution in [0.4, 0.5) is 8.78 Å². The lowest BCUT2D eigenvalue weighted by molar-refractivity contribution is -0.131. The van der Waals surface area contributed by atoms with Crippen LogP contribution in [0.25, 0.3) is 0 Å². The molecule has 1 aliphatic rings. The Morgan fingerprint density at radius 1 is 1.10 bits per heavy atom. The number of benzene rings is 2. The summed E-state index contributed by atoms with van der Waals surface area (Å²) in [5.74, 6) is -2.71. The van der Waals surface area contributed by atoms with Crippen LogP contribution in [0.2, 0.25) is 0 Å². The van der Waals surface area contributed by atoms with Crippen molar-refractivity contribution in [1.82, 2.24) is 16.0 Å². The van der Waals surface area contributed by atoms with Gasteiger partial charge in [0.25, 0.3) is 0 Å². The Labute approximate surface area is 179 Å². The van der Waals surface area contributed by atoms with Gasteiger partial charge >= 0.3 is 0 Å². The van der Waals surface area contributed by atoms with Crippen LogP contribution < -0.4 is 16.0 Å². The number of nitrogens with one attached hydrogen (secondary N) is 3. The van der Waals surface area contributed by atoms with Crippen LogP contribution in [0.1, 0.15) is 36.8 Å². The lowest BCUT2D eigenvalue weighted by Gasteiger charge is -2.19. The zero-order valence-corrected chi connectivity index (χ0v) is 17.2. The summed E-state index contributed by atoms with van der Waals surface area (Å²) < 4.78 is 26.5. The van der Waals surface area contributed by atoms with Crippen LogP contribution in [-0.2, 0) is 20.8 Å². The van der Waals surface area contributed by atoms with Crippen molar-refractivity contribution in [1.29, 1.82) is 0 Å². The molecule has 2 aromatic rings. The number of hydrogen-bond acceptors (Lipinski definition) is 3. The average Bonchev–Trinajstić information content (AvgIpc) is 2.89. The van der Waals surface area contributed by atoms with E-state index in [1.54, 1.807) is 0 Å². The van der Waals surface area contributed by atoms with E-state index in [0.717, 1.165) is 30.2 Å². The molecule has 0 unspecified atom stereocenters. The number of amides is 3. The second kappa shape index (κ2) is 10.1. The summed E-state index contributed by atoms with van der Waals surface area (Å²) >= 11 is 0. The van der Waals surface area contributed by atoms with Crippen molar-refractivity contribution in [3.05, 3.63) is 71.3 Å². The maximum absolute atomic E-state index is 13.3. The Kier molecular flexibility index (Phi) is 7.33. The fraction of sp³-hybridized carbons (Fsp3) is 0.348. The van der Waals surface area contributed by atoms with Gasteiger partial charge in [-0.2, -0.15) is 0 Å². The molecule has 0 radical (unpaired) electrons. The number of carbonyl (C=O) groups is 3. The zero-order valence-electron chi connectivity index (χ0n) is 17.2. The number of carbonyl (C=O) groups excluding carboxylic acids is 3. The first-order valence-electron chi connectivity index (χ1n) is 10.2. The van der Waals surface area contributed by atoms with Crippen LogP contribution >= 0.6 is 0 Å². The number of halogens is 2. The summed E-state index contributed by atoms with van der Waals surface area (Å²) in [6.45, 7) is 1.98. The van der Waals surface area contributed by atoms with Gasteiger partial charge in [-0.25, -0.2) is 8.78 Å². The van der Waals surface area contributed by atoms with E-state index in [0.29, 0.717) is 13.0 Å². The molecule has 1 fully saturated rings. The second-order valence-corrected chi connectivity index (χ2v) is 7.73. The van der Waals surface area contributed by atoms with Gasteiger partial charge in [0.1, 0.15) is 23.7 Å². The predicted octanol–water partition coefficient (Wildman–Crippen LogP) is 2.19. The highest BCUT2D eigenvalue weighted by molar-refractivity contribution is 5.92.